The lowest BCUT2D eigenvalue weighted by atomic mass is 10.1. The van der Waals surface area contributed by atoms with Crippen LogP contribution in [0.2, 0.25) is 0 Å². The van der Waals surface area contributed by atoms with E-state index in [2.05, 4.69) is 10.6 Å². The third-order valence-electron chi connectivity index (χ3n) is 2.24. The summed E-state index contributed by atoms with van der Waals surface area (Å²) in [4.78, 5) is 11.2. The van der Waals surface area contributed by atoms with Gasteiger partial charge in [0, 0.05) is 25.8 Å². The lowest BCUT2D eigenvalue weighted by molar-refractivity contribution is 0.238. The summed E-state index contributed by atoms with van der Waals surface area (Å²) in [7, 11) is 0. The minimum Gasteiger partial charge on any atom is -0.396 e. The van der Waals surface area contributed by atoms with E-state index in [0.29, 0.717) is 24.9 Å². The quantitative estimate of drug-likeness (QED) is 0.671. The molecule has 3 N–H and O–H groups in total. The van der Waals surface area contributed by atoms with Crippen molar-refractivity contribution < 1.29 is 18.7 Å². The van der Waals surface area contributed by atoms with Crippen molar-refractivity contribution >= 4 is 6.03 Å². The summed E-state index contributed by atoms with van der Waals surface area (Å²) in [6.07, 6.45) is 0.838. The normalized spacial score (nSPS) is 10.2. The molecule has 6 heteroatoms. The molecular formula is C12H16F2N2O2. The molecule has 0 aromatic heterocycles. The second kappa shape index (κ2) is 7.60. The lowest BCUT2D eigenvalue weighted by Gasteiger charge is -2.07. The fourth-order valence-corrected chi connectivity index (χ4v) is 1.42. The second-order valence-electron chi connectivity index (χ2n) is 3.79. The average Bonchev–Trinajstić information content (AvgIpc) is 2.28. The van der Waals surface area contributed by atoms with Gasteiger partial charge < -0.3 is 15.7 Å². The Morgan fingerprint density at radius 1 is 1.11 bits per heavy atom. The molecule has 0 bridgehead atoms. The van der Waals surface area contributed by atoms with Gasteiger partial charge in [0.2, 0.25) is 0 Å². The maximum atomic E-state index is 12.9. The lowest BCUT2D eigenvalue weighted by Crippen LogP contribution is -2.37. The van der Waals surface area contributed by atoms with E-state index in [4.69, 9.17) is 5.11 Å². The first-order valence-electron chi connectivity index (χ1n) is 5.69. The molecule has 0 fully saturated rings. The standard InChI is InChI=1S/C12H16F2N2O2/c13-10-6-9(7-11(14)8-10)2-4-16-12(18)15-3-1-5-17/h6-8,17H,1-5H2,(H2,15,16,18). The number of aliphatic hydroxyl groups excluding tert-OH is 1. The van der Waals surface area contributed by atoms with Crippen molar-refractivity contribution in [3.8, 4) is 0 Å². The van der Waals surface area contributed by atoms with Crippen molar-refractivity contribution in [3.05, 3.63) is 35.4 Å². The van der Waals surface area contributed by atoms with Gasteiger partial charge in [-0.3, -0.25) is 0 Å². The molecule has 100 valence electrons. The summed E-state index contributed by atoms with van der Waals surface area (Å²) in [5.74, 6) is -1.25. The summed E-state index contributed by atoms with van der Waals surface area (Å²) >= 11 is 0. The Morgan fingerprint density at radius 2 is 1.72 bits per heavy atom. The van der Waals surface area contributed by atoms with Crippen molar-refractivity contribution in [3.63, 3.8) is 0 Å². The highest BCUT2D eigenvalue weighted by Gasteiger charge is 2.02. The van der Waals surface area contributed by atoms with Crippen LogP contribution in [0.25, 0.3) is 0 Å². The highest BCUT2D eigenvalue weighted by atomic mass is 19.1. The number of aliphatic hydroxyl groups is 1. The minimum atomic E-state index is -0.627. The van der Waals surface area contributed by atoms with Crippen LogP contribution >= 0.6 is 0 Å². The van der Waals surface area contributed by atoms with Crippen LogP contribution in [0.5, 0.6) is 0 Å². The number of carbonyl (C=O) groups is 1. The predicted molar refractivity (Wildman–Crippen MR) is 63.2 cm³/mol. The zero-order chi connectivity index (χ0) is 13.4. The Balaban J connectivity index is 2.26. The van der Waals surface area contributed by atoms with Gasteiger partial charge in [0.25, 0.3) is 0 Å². The molecule has 0 aliphatic rings. The number of halogens is 2. The van der Waals surface area contributed by atoms with Crippen molar-refractivity contribution in [2.75, 3.05) is 19.7 Å². The molecule has 0 saturated carbocycles. The van der Waals surface area contributed by atoms with Crippen molar-refractivity contribution in [2.24, 2.45) is 0 Å². The minimum absolute atomic E-state index is 0.0167. The van der Waals surface area contributed by atoms with E-state index in [0.717, 1.165) is 6.07 Å². The molecule has 0 spiro atoms. The number of urea groups is 1. The monoisotopic (exact) mass is 258 g/mol. The van der Waals surface area contributed by atoms with Crippen molar-refractivity contribution in [1.82, 2.24) is 10.6 Å². The first-order valence-corrected chi connectivity index (χ1v) is 5.69. The molecule has 0 saturated heterocycles. The molecular weight excluding hydrogens is 242 g/mol. The van der Waals surface area contributed by atoms with Crippen LogP contribution in [-0.4, -0.2) is 30.8 Å². The molecule has 4 nitrogen and oxygen atoms in total. The Morgan fingerprint density at radius 3 is 2.33 bits per heavy atom. The number of rotatable bonds is 6. The highest BCUT2D eigenvalue weighted by molar-refractivity contribution is 5.73. The van der Waals surface area contributed by atoms with Gasteiger partial charge in [-0.05, 0) is 30.5 Å². The molecule has 2 amide bonds. The van der Waals surface area contributed by atoms with Crippen LogP contribution in [0.1, 0.15) is 12.0 Å². The largest absolute Gasteiger partial charge is 0.396 e. The number of hydrogen-bond donors (Lipinski definition) is 3. The first-order chi connectivity index (χ1) is 8.61. The average molecular weight is 258 g/mol. The molecule has 0 unspecified atom stereocenters. The maximum Gasteiger partial charge on any atom is 0.314 e. The van der Waals surface area contributed by atoms with Gasteiger partial charge >= 0.3 is 6.03 Å². The maximum absolute atomic E-state index is 12.9. The summed E-state index contributed by atoms with van der Waals surface area (Å²) in [6, 6.07) is 2.90. The number of nitrogens with one attached hydrogen (secondary N) is 2. The fraction of sp³-hybridized carbons (Fsp3) is 0.417. The zero-order valence-corrected chi connectivity index (χ0v) is 9.88. The van der Waals surface area contributed by atoms with Crippen LogP contribution in [0.15, 0.2) is 18.2 Å². The second-order valence-corrected chi connectivity index (χ2v) is 3.79. The number of amides is 2. The number of carbonyl (C=O) groups excluding carboxylic acids is 1. The van der Waals surface area contributed by atoms with Crippen LogP contribution in [0.3, 0.4) is 0 Å². The van der Waals surface area contributed by atoms with Crippen molar-refractivity contribution in [2.45, 2.75) is 12.8 Å². The van der Waals surface area contributed by atoms with Crippen LogP contribution in [0, 0.1) is 11.6 Å². The van der Waals surface area contributed by atoms with Crippen LogP contribution < -0.4 is 10.6 Å². The Bertz CT molecular complexity index is 379. The molecule has 18 heavy (non-hydrogen) atoms. The molecule has 0 heterocycles. The number of benzene rings is 1. The molecule has 0 aliphatic carbocycles. The van der Waals surface area contributed by atoms with Gasteiger partial charge in [-0.25, -0.2) is 13.6 Å². The van der Waals surface area contributed by atoms with Gasteiger partial charge in [0.1, 0.15) is 11.6 Å². The molecule has 1 rings (SSSR count). The van der Waals surface area contributed by atoms with E-state index in [1.165, 1.54) is 12.1 Å². The Kier molecular flexibility index (Phi) is 6.07. The number of hydrogen-bond acceptors (Lipinski definition) is 2. The van der Waals surface area contributed by atoms with Gasteiger partial charge in [-0.15, -0.1) is 0 Å². The van der Waals surface area contributed by atoms with E-state index in [9.17, 15) is 13.6 Å². The smallest absolute Gasteiger partial charge is 0.314 e. The summed E-state index contributed by atoms with van der Waals surface area (Å²) in [6.45, 7) is 0.688. The van der Waals surface area contributed by atoms with Gasteiger partial charge in [-0.1, -0.05) is 0 Å². The molecule has 0 radical (unpaired) electrons. The zero-order valence-electron chi connectivity index (χ0n) is 9.88. The molecule has 1 aromatic carbocycles. The third-order valence-corrected chi connectivity index (χ3v) is 2.24. The van der Waals surface area contributed by atoms with E-state index < -0.39 is 11.6 Å². The predicted octanol–water partition coefficient (Wildman–Crippen LogP) is 1.19. The molecule has 0 atom stereocenters. The molecule has 1 aromatic rings. The summed E-state index contributed by atoms with van der Waals surface area (Å²) in [5.41, 5.74) is 0.489. The summed E-state index contributed by atoms with van der Waals surface area (Å²) < 4.78 is 25.7. The summed E-state index contributed by atoms with van der Waals surface area (Å²) in [5, 5.41) is 13.6. The van der Waals surface area contributed by atoms with E-state index >= 15 is 0 Å². The Hall–Kier alpha value is -1.69. The van der Waals surface area contributed by atoms with E-state index in [1.54, 1.807) is 0 Å². The van der Waals surface area contributed by atoms with Crippen molar-refractivity contribution in [1.29, 1.82) is 0 Å². The van der Waals surface area contributed by atoms with Crippen LogP contribution in [0.4, 0.5) is 13.6 Å². The van der Waals surface area contributed by atoms with E-state index in [-0.39, 0.29) is 19.2 Å². The van der Waals surface area contributed by atoms with Gasteiger partial charge in [0.15, 0.2) is 0 Å². The SMILES string of the molecule is O=C(NCCCO)NCCc1cc(F)cc(F)c1. The third kappa shape index (κ3) is 5.58. The van der Waals surface area contributed by atoms with E-state index in [1.807, 2.05) is 0 Å². The fourth-order valence-electron chi connectivity index (χ4n) is 1.42. The van der Waals surface area contributed by atoms with Gasteiger partial charge in [0.05, 0.1) is 0 Å². The van der Waals surface area contributed by atoms with Crippen LogP contribution in [-0.2, 0) is 6.42 Å². The topological polar surface area (TPSA) is 61.4 Å². The first kappa shape index (κ1) is 14.4. The molecule has 0 aliphatic heterocycles. The van der Waals surface area contributed by atoms with Gasteiger partial charge in [-0.2, -0.15) is 0 Å². The highest BCUT2D eigenvalue weighted by Crippen LogP contribution is 2.07. The Labute approximate surface area is 104 Å².